The van der Waals surface area contributed by atoms with Crippen LogP contribution in [0.5, 0.6) is 0 Å². The zero-order valence-corrected chi connectivity index (χ0v) is 35.5. The molecule has 4 aromatic rings. The smallest absolute Gasteiger partial charge is 0.407 e. The fourth-order valence-corrected chi connectivity index (χ4v) is 9.64. The summed E-state index contributed by atoms with van der Waals surface area (Å²) in [6, 6.07) is 14.0. The van der Waals surface area contributed by atoms with Crippen LogP contribution in [0.4, 0.5) is 9.59 Å². The molecular formula is C42H53N9O8S. The molecule has 17 nitrogen and oxygen atoms in total. The van der Waals surface area contributed by atoms with Gasteiger partial charge < -0.3 is 39.9 Å². The van der Waals surface area contributed by atoms with Crippen molar-refractivity contribution in [3.05, 3.63) is 72.6 Å². The number of likely N-dealkylation sites (tertiary alicyclic amines) is 2. The van der Waals surface area contributed by atoms with Gasteiger partial charge in [-0.05, 0) is 53.9 Å². The van der Waals surface area contributed by atoms with E-state index in [1.54, 1.807) is 29.1 Å². The van der Waals surface area contributed by atoms with Crippen molar-refractivity contribution in [3.8, 4) is 33.6 Å². The largest absolute Gasteiger partial charge is 0.453 e. The number of nitrogens with zero attached hydrogens (tertiary/aromatic N) is 5. The van der Waals surface area contributed by atoms with Crippen molar-refractivity contribution in [3.63, 3.8) is 0 Å². The maximum atomic E-state index is 13.9. The Balaban J connectivity index is 1.03. The average molecular weight is 844 g/mol. The number of carbonyl (C=O) groups excluding carboxylic acids is 4. The van der Waals surface area contributed by atoms with Gasteiger partial charge in [0.15, 0.2) is 0 Å². The lowest BCUT2D eigenvalue weighted by Crippen LogP contribution is -2.59. The molecule has 3 saturated heterocycles. The third-order valence-electron chi connectivity index (χ3n) is 11.9. The minimum absolute atomic E-state index is 0.122. The number of aromatic nitrogens is 4. The Morgan fingerprint density at radius 2 is 1.30 bits per heavy atom. The molecule has 5 heterocycles. The average Bonchev–Trinajstić information content (AvgIpc) is 4.06. The molecule has 18 heteroatoms. The van der Waals surface area contributed by atoms with Gasteiger partial charge in [-0.2, -0.15) is 0 Å². The molecule has 1 unspecified atom stereocenters. The summed E-state index contributed by atoms with van der Waals surface area (Å²) in [5, 5.41) is 5.32. The Kier molecular flexibility index (Phi) is 12.1. The number of rotatable bonds is 12. The zero-order chi connectivity index (χ0) is 42.9. The third-order valence-corrected chi connectivity index (χ3v) is 13.1. The van der Waals surface area contributed by atoms with E-state index in [0.717, 1.165) is 46.5 Å². The van der Waals surface area contributed by atoms with Gasteiger partial charge in [0, 0.05) is 31.6 Å². The maximum Gasteiger partial charge on any atom is 0.407 e. The summed E-state index contributed by atoms with van der Waals surface area (Å²) in [5.74, 6) is 0.734. The summed E-state index contributed by atoms with van der Waals surface area (Å²) in [7, 11) is -0.844. The number of alkyl carbamates (subject to hydrolysis) is 2. The molecule has 60 heavy (non-hydrogen) atoms. The standard InChI is InChI=1S/C42H53N9O8S/c1-7-30(47-40(54)58-4)38(52)51-24-42(22-49(23-42)60(6,56)57)19-34(51)37-44-21-32(46-37)29-16-12-27(13-17-29)26-10-14-28(15-11-26)31-20-43-36(45-31)33-9-8-18-50(33)39(53)35(25(2)3)48-41(55)59-5/h10-17,20-21,25,30,33-35H,7-9,18-19,22-24H2,1-6H3,(H,43,45)(H,44,46)(H,47,54)(H,48,55)/t30-,33-,34?,35-/m0/s1. The molecule has 0 aliphatic carbocycles. The molecule has 3 aliphatic heterocycles. The van der Waals surface area contributed by atoms with E-state index in [-0.39, 0.29) is 23.8 Å². The first-order valence-corrected chi connectivity index (χ1v) is 22.0. The number of benzene rings is 2. The van der Waals surface area contributed by atoms with Crippen molar-refractivity contribution in [2.45, 2.75) is 70.6 Å². The van der Waals surface area contributed by atoms with Gasteiger partial charge in [0.1, 0.15) is 23.7 Å². The minimum Gasteiger partial charge on any atom is -0.453 e. The number of amides is 4. The van der Waals surface area contributed by atoms with Crippen molar-refractivity contribution >= 4 is 34.0 Å². The van der Waals surface area contributed by atoms with Gasteiger partial charge in [-0.1, -0.05) is 69.3 Å². The first kappa shape index (κ1) is 42.4. The molecule has 4 atom stereocenters. The van der Waals surface area contributed by atoms with Gasteiger partial charge in [0.2, 0.25) is 21.8 Å². The predicted molar refractivity (Wildman–Crippen MR) is 222 cm³/mol. The van der Waals surface area contributed by atoms with E-state index in [9.17, 15) is 27.6 Å². The highest BCUT2D eigenvalue weighted by molar-refractivity contribution is 7.88. The SMILES string of the molecule is CC[C@H](NC(=O)OC)C(=O)N1CC2(CC1c1ncc(-c3ccc(-c4ccc(-c5cnc([C@@H]6CCCN6C(=O)[C@@H](NC(=O)OC)C(C)C)[nH]5)cc4)cc3)[nH]1)CN(S(C)(=O)=O)C2. The van der Waals surface area contributed by atoms with E-state index in [4.69, 9.17) is 14.5 Å². The summed E-state index contributed by atoms with van der Waals surface area (Å²) in [6.45, 7) is 7.12. The third kappa shape index (κ3) is 8.61. The van der Waals surface area contributed by atoms with Crippen molar-refractivity contribution in [1.82, 2.24) is 44.7 Å². The molecule has 2 aromatic heterocycles. The first-order valence-electron chi connectivity index (χ1n) is 20.2. The molecule has 7 rings (SSSR count). The number of nitrogens with one attached hydrogen (secondary N) is 4. The van der Waals surface area contributed by atoms with Crippen LogP contribution < -0.4 is 10.6 Å². The Morgan fingerprint density at radius 1 is 0.783 bits per heavy atom. The van der Waals surface area contributed by atoms with Gasteiger partial charge >= 0.3 is 12.2 Å². The van der Waals surface area contributed by atoms with Crippen LogP contribution in [0, 0.1) is 11.3 Å². The fourth-order valence-electron chi connectivity index (χ4n) is 8.62. The van der Waals surface area contributed by atoms with Crippen LogP contribution in [-0.2, 0) is 29.1 Å². The van der Waals surface area contributed by atoms with Gasteiger partial charge in [0.05, 0.1) is 56.3 Å². The number of aromatic amines is 2. The molecule has 0 radical (unpaired) electrons. The number of hydrogen-bond donors (Lipinski definition) is 4. The number of imidazole rings is 2. The van der Waals surface area contributed by atoms with Crippen LogP contribution in [0.2, 0.25) is 0 Å². The van der Waals surface area contributed by atoms with Crippen molar-refractivity contribution < 1.29 is 37.1 Å². The van der Waals surface area contributed by atoms with Crippen LogP contribution in [0.15, 0.2) is 60.9 Å². The van der Waals surface area contributed by atoms with E-state index >= 15 is 0 Å². The van der Waals surface area contributed by atoms with Crippen molar-refractivity contribution in [2.24, 2.45) is 11.3 Å². The molecular weight excluding hydrogens is 791 g/mol. The maximum absolute atomic E-state index is 13.9. The van der Waals surface area contributed by atoms with E-state index in [0.29, 0.717) is 50.7 Å². The van der Waals surface area contributed by atoms with Gasteiger partial charge in [0.25, 0.3) is 0 Å². The van der Waals surface area contributed by atoms with Crippen molar-refractivity contribution in [1.29, 1.82) is 0 Å². The summed E-state index contributed by atoms with van der Waals surface area (Å²) >= 11 is 0. The number of hydrogen-bond acceptors (Lipinski definition) is 10. The summed E-state index contributed by atoms with van der Waals surface area (Å²) in [6.07, 6.45) is 5.83. The molecule has 2 aromatic carbocycles. The molecule has 0 saturated carbocycles. The van der Waals surface area contributed by atoms with Crippen molar-refractivity contribution in [2.75, 3.05) is 46.7 Å². The Hall–Kier alpha value is -5.75. The molecule has 4 N–H and O–H groups in total. The van der Waals surface area contributed by atoms with Crippen LogP contribution >= 0.6 is 0 Å². The van der Waals surface area contributed by atoms with E-state index in [1.807, 2.05) is 62.4 Å². The monoisotopic (exact) mass is 843 g/mol. The topological polar surface area (TPSA) is 212 Å². The molecule has 3 aliphatic rings. The van der Waals surface area contributed by atoms with E-state index < -0.39 is 45.8 Å². The normalized spacial score (nSPS) is 19.9. The second-order valence-corrected chi connectivity index (χ2v) is 18.4. The quantitative estimate of drug-likeness (QED) is 0.152. The zero-order valence-electron chi connectivity index (χ0n) is 34.7. The Labute approximate surface area is 349 Å². The molecule has 1 spiro atoms. The second-order valence-electron chi connectivity index (χ2n) is 16.4. The highest BCUT2D eigenvalue weighted by atomic mass is 32.2. The van der Waals surface area contributed by atoms with Crippen LogP contribution in [-0.4, -0.2) is 125 Å². The molecule has 320 valence electrons. The number of H-pyrrole nitrogens is 2. The Bertz CT molecular complexity index is 2320. The number of methoxy groups -OCH3 is 2. The minimum atomic E-state index is -3.37. The van der Waals surface area contributed by atoms with Gasteiger partial charge in [-0.3, -0.25) is 9.59 Å². The second kappa shape index (κ2) is 17.1. The summed E-state index contributed by atoms with van der Waals surface area (Å²) in [5.41, 5.74) is 5.05. The lowest BCUT2D eigenvalue weighted by Gasteiger charge is -2.46. The molecule has 3 fully saturated rings. The molecule has 0 bridgehead atoms. The van der Waals surface area contributed by atoms with E-state index in [1.165, 1.54) is 24.8 Å². The highest BCUT2D eigenvalue weighted by Crippen LogP contribution is 2.49. The summed E-state index contributed by atoms with van der Waals surface area (Å²) in [4.78, 5) is 71.2. The highest BCUT2D eigenvalue weighted by Gasteiger charge is 2.56. The Morgan fingerprint density at radius 3 is 1.80 bits per heavy atom. The predicted octanol–water partition coefficient (Wildman–Crippen LogP) is 4.85. The number of carbonyl (C=O) groups is 4. The fraction of sp³-hybridized carbons (Fsp3) is 0.476. The summed E-state index contributed by atoms with van der Waals surface area (Å²) < 4.78 is 35.4. The lowest BCUT2D eigenvalue weighted by molar-refractivity contribution is -0.136. The van der Waals surface area contributed by atoms with Crippen LogP contribution in [0.1, 0.15) is 70.2 Å². The van der Waals surface area contributed by atoms with E-state index in [2.05, 4.69) is 25.6 Å². The van der Waals surface area contributed by atoms with Gasteiger partial charge in [-0.15, -0.1) is 0 Å². The lowest BCUT2D eigenvalue weighted by atomic mass is 9.79. The molecule has 4 amide bonds. The van der Waals surface area contributed by atoms with Crippen LogP contribution in [0.3, 0.4) is 0 Å². The number of ether oxygens (including phenoxy) is 2. The first-order chi connectivity index (χ1) is 28.6. The number of sulfonamides is 1. The van der Waals surface area contributed by atoms with Crippen LogP contribution in [0.25, 0.3) is 33.6 Å². The van der Waals surface area contributed by atoms with Gasteiger partial charge in [-0.25, -0.2) is 32.3 Å².